The van der Waals surface area contributed by atoms with Gasteiger partial charge < -0.3 is 11.5 Å². The Labute approximate surface area is 139 Å². The fraction of sp³-hybridized carbons (Fsp3) is 1.00. The zero-order valence-corrected chi connectivity index (χ0v) is 15.2. The second-order valence-corrected chi connectivity index (χ2v) is 5.80. The van der Waals surface area contributed by atoms with Crippen LogP contribution in [0.2, 0.25) is 0 Å². The highest BCUT2D eigenvalue weighted by Gasteiger charge is 2.04. The highest BCUT2D eigenvalue weighted by atomic mass is 35.5. The molecular formula is C16H38Cl2N2. The van der Waals surface area contributed by atoms with Gasteiger partial charge in [-0.15, -0.1) is 24.8 Å². The molecule has 0 amide bonds. The maximum absolute atomic E-state index is 6.10. The molecule has 126 valence electrons. The van der Waals surface area contributed by atoms with E-state index in [0.29, 0.717) is 12.1 Å². The van der Waals surface area contributed by atoms with Crippen LogP contribution in [0, 0.1) is 0 Å². The van der Waals surface area contributed by atoms with Crippen molar-refractivity contribution in [3.8, 4) is 0 Å². The molecule has 0 saturated heterocycles. The van der Waals surface area contributed by atoms with Crippen molar-refractivity contribution in [2.24, 2.45) is 11.5 Å². The highest BCUT2D eigenvalue weighted by Crippen LogP contribution is 2.12. The molecule has 2 nitrogen and oxygen atoms in total. The van der Waals surface area contributed by atoms with Crippen molar-refractivity contribution in [1.29, 1.82) is 0 Å². The van der Waals surface area contributed by atoms with E-state index in [1.54, 1.807) is 0 Å². The largest absolute Gasteiger partial charge is 0.328 e. The van der Waals surface area contributed by atoms with Gasteiger partial charge in [0.2, 0.25) is 0 Å². The summed E-state index contributed by atoms with van der Waals surface area (Å²) in [5, 5.41) is 0. The molecule has 0 radical (unpaired) electrons. The Bertz CT molecular complexity index is 151. The summed E-state index contributed by atoms with van der Waals surface area (Å²) >= 11 is 0. The van der Waals surface area contributed by atoms with E-state index in [-0.39, 0.29) is 24.8 Å². The Morgan fingerprint density at radius 2 is 0.800 bits per heavy atom. The average molecular weight is 329 g/mol. The molecule has 0 saturated carbocycles. The van der Waals surface area contributed by atoms with Crippen molar-refractivity contribution in [3.05, 3.63) is 0 Å². The zero-order chi connectivity index (χ0) is 13.6. The third kappa shape index (κ3) is 18.5. The molecule has 0 aliphatic heterocycles. The summed E-state index contributed by atoms with van der Waals surface area (Å²) in [4.78, 5) is 0. The first-order valence-corrected chi connectivity index (χ1v) is 8.21. The monoisotopic (exact) mass is 328 g/mol. The quantitative estimate of drug-likeness (QED) is 0.456. The van der Waals surface area contributed by atoms with Crippen molar-refractivity contribution in [3.63, 3.8) is 0 Å². The lowest BCUT2D eigenvalue weighted by atomic mass is 9.99. The minimum atomic E-state index is 0. The van der Waals surface area contributed by atoms with E-state index in [0.717, 1.165) is 0 Å². The van der Waals surface area contributed by atoms with Crippen LogP contribution in [0.5, 0.6) is 0 Å². The maximum Gasteiger partial charge on any atom is 0.00388 e. The smallest absolute Gasteiger partial charge is 0.00388 e. The zero-order valence-electron chi connectivity index (χ0n) is 13.6. The Morgan fingerprint density at radius 3 is 1.05 bits per heavy atom. The summed E-state index contributed by atoms with van der Waals surface area (Å²) in [6, 6.07) is 0.848. The molecule has 0 aliphatic rings. The van der Waals surface area contributed by atoms with Crippen LogP contribution in [-0.4, -0.2) is 12.1 Å². The van der Waals surface area contributed by atoms with Crippen LogP contribution in [0.3, 0.4) is 0 Å². The topological polar surface area (TPSA) is 52.0 Å². The van der Waals surface area contributed by atoms with Crippen LogP contribution in [0.25, 0.3) is 0 Å². The number of hydrogen-bond acceptors (Lipinski definition) is 2. The number of hydrogen-bond donors (Lipinski definition) is 2. The Morgan fingerprint density at radius 1 is 0.550 bits per heavy atom. The number of rotatable bonds is 13. The van der Waals surface area contributed by atoms with Crippen molar-refractivity contribution < 1.29 is 0 Å². The van der Waals surface area contributed by atoms with Gasteiger partial charge in [-0.3, -0.25) is 0 Å². The van der Waals surface area contributed by atoms with Gasteiger partial charge in [-0.25, -0.2) is 0 Å². The van der Waals surface area contributed by atoms with Crippen LogP contribution in [-0.2, 0) is 0 Å². The molecule has 0 aromatic heterocycles. The standard InChI is InChI=1S/C16H36N2.2ClH/c1-3-5-7-11-15(17)13-9-10-14-16(18)12-8-6-4-2;;/h15-16H,3-14,17-18H2,1-2H3;2*1H. The molecule has 2 unspecified atom stereocenters. The van der Waals surface area contributed by atoms with E-state index in [1.165, 1.54) is 77.0 Å². The Kier molecular flexibility index (Phi) is 24.8. The first kappa shape index (κ1) is 25.5. The molecular weight excluding hydrogens is 291 g/mol. The maximum atomic E-state index is 6.10. The summed E-state index contributed by atoms with van der Waals surface area (Å²) in [5.41, 5.74) is 12.2. The van der Waals surface area contributed by atoms with Gasteiger partial charge in [0.15, 0.2) is 0 Å². The van der Waals surface area contributed by atoms with E-state index < -0.39 is 0 Å². The Hall–Kier alpha value is 0.500. The average Bonchev–Trinajstić information content (AvgIpc) is 2.35. The lowest BCUT2D eigenvalue weighted by Crippen LogP contribution is -2.21. The van der Waals surface area contributed by atoms with Crippen LogP contribution in [0.15, 0.2) is 0 Å². The molecule has 2 atom stereocenters. The second kappa shape index (κ2) is 19.5. The van der Waals surface area contributed by atoms with Crippen molar-refractivity contribution in [2.75, 3.05) is 0 Å². The minimum absolute atomic E-state index is 0. The first-order chi connectivity index (χ1) is 8.70. The van der Waals surface area contributed by atoms with Crippen molar-refractivity contribution >= 4 is 24.8 Å². The van der Waals surface area contributed by atoms with E-state index >= 15 is 0 Å². The van der Waals surface area contributed by atoms with Gasteiger partial charge in [-0.05, 0) is 25.7 Å². The molecule has 0 aromatic rings. The van der Waals surface area contributed by atoms with Crippen LogP contribution in [0.1, 0.15) is 90.9 Å². The molecule has 0 aliphatic carbocycles. The molecule has 0 rings (SSSR count). The third-order valence-electron chi connectivity index (χ3n) is 3.76. The fourth-order valence-corrected chi connectivity index (χ4v) is 2.41. The van der Waals surface area contributed by atoms with Crippen LogP contribution < -0.4 is 11.5 Å². The van der Waals surface area contributed by atoms with Gasteiger partial charge in [-0.2, -0.15) is 0 Å². The van der Waals surface area contributed by atoms with Crippen molar-refractivity contribution in [2.45, 2.75) is 103 Å². The summed E-state index contributed by atoms with van der Waals surface area (Å²) in [6.07, 6.45) is 15.1. The lowest BCUT2D eigenvalue weighted by molar-refractivity contribution is 0.466. The van der Waals surface area contributed by atoms with Gasteiger partial charge in [0.05, 0.1) is 0 Å². The SMILES string of the molecule is CCCCCC(N)CCCCC(N)CCCCC.Cl.Cl. The van der Waals surface area contributed by atoms with Gasteiger partial charge >= 0.3 is 0 Å². The van der Waals surface area contributed by atoms with E-state index in [1.807, 2.05) is 0 Å². The predicted molar refractivity (Wildman–Crippen MR) is 97.2 cm³/mol. The summed E-state index contributed by atoms with van der Waals surface area (Å²) in [7, 11) is 0. The highest BCUT2D eigenvalue weighted by molar-refractivity contribution is 5.85. The molecule has 20 heavy (non-hydrogen) atoms. The number of nitrogens with two attached hydrogens (primary N) is 2. The predicted octanol–water partition coefficient (Wildman–Crippen LogP) is 5.21. The normalized spacial score (nSPS) is 13.2. The van der Waals surface area contributed by atoms with E-state index in [9.17, 15) is 0 Å². The van der Waals surface area contributed by atoms with Gasteiger partial charge in [-0.1, -0.05) is 65.2 Å². The molecule has 0 bridgehead atoms. The van der Waals surface area contributed by atoms with Gasteiger partial charge in [0.1, 0.15) is 0 Å². The molecule has 4 N–H and O–H groups in total. The third-order valence-corrected chi connectivity index (χ3v) is 3.76. The van der Waals surface area contributed by atoms with E-state index in [4.69, 9.17) is 11.5 Å². The number of unbranched alkanes of at least 4 members (excludes halogenated alkanes) is 5. The first-order valence-electron chi connectivity index (χ1n) is 8.21. The fourth-order valence-electron chi connectivity index (χ4n) is 2.41. The van der Waals surface area contributed by atoms with Crippen LogP contribution in [0.4, 0.5) is 0 Å². The Balaban J connectivity index is -0.00000144. The van der Waals surface area contributed by atoms with Crippen molar-refractivity contribution in [1.82, 2.24) is 0 Å². The molecule has 0 spiro atoms. The van der Waals surface area contributed by atoms with Gasteiger partial charge in [0.25, 0.3) is 0 Å². The molecule has 0 heterocycles. The summed E-state index contributed by atoms with van der Waals surface area (Å²) < 4.78 is 0. The molecule has 0 fully saturated rings. The summed E-state index contributed by atoms with van der Waals surface area (Å²) in [5.74, 6) is 0. The summed E-state index contributed by atoms with van der Waals surface area (Å²) in [6.45, 7) is 4.48. The van der Waals surface area contributed by atoms with E-state index in [2.05, 4.69) is 13.8 Å². The minimum Gasteiger partial charge on any atom is -0.328 e. The second-order valence-electron chi connectivity index (χ2n) is 5.80. The lowest BCUT2D eigenvalue weighted by Gasteiger charge is -2.13. The van der Waals surface area contributed by atoms with Gasteiger partial charge in [0, 0.05) is 12.1 Å². The molecule has 0 aromatic carbocycles. The molecule has 4 heteroatoms. The van der Waals surface area contributed by atoms with Crippen LogP contribution >= 0.6 is 24.8 Å². The number of halogens is 2.